The SMILES string of the molecule is COC(=O)c1cc(OC)c(OC)cc1NC(=O)CN(CCc1ccccc1)S(=O)(=O)c1ccc(Cl)cc1. The summed E-state index contributed by atoms with van der Waals surface area (Å²) in [4.78, 5) is 25.5. The van der Waals surface area contributed by atoms with Gasteiger partial charge in [-0.1, -0.05) is 41.9 Å². The van der Waals surface area contributed by atoms with Crippen LogP contribution in [0.3, 0.4) is 0 Å². The standard InChI is InChI=1S/C26H27ClN2O7S/c1-34-23-15-21(26(31)36-3)22(16-24(23)35-2)28-25(30)17-29(14-13-18-7-5-4-6-8-18)37(32,33)20-11-9-19(27)10-12-20/h4-12,15-16H,13-14,17H2,1-3H3,(H,28,30). The smallest absolute Gasteiger partial charge is 0.340 e. The van der Waals surface area contributed by atoms with Gasteiger partial charge in [-0.15, -0.1) is 0 Å². The van der Waals surface area contributed by atoms with Crippen LogP contribution in [0.4, 0.5) is 5.69 Å². The van der Waals surface area contributed by atoms with E-state index in [1.165, 1.54) is 57.7 Å². The van der Waals surface area contributed by atoms with Gasteiger partial charge in [-0.3, -0.25) is 4.79 Å². The second-order valence-electron chi connectivity index (χ2n) is 7.82. The Morgan fingerprint density at radius 2 is 1.54 bits per heavy atom. The zero-order valence-corrected chi connectivity index (χ0v) is 22.1. The molecular weight excluding hydrogens is 520 g/mol. The molecule has 0 fully saturated rings. The average molecular weight is 547 g/mol. The summed E-state index contributed by atoms with van der Waals surface area (Å²) in [5, 5.41) is 3.00. The number of esters is 1. The van der Waals surface area contributed by atoms with Gasteiger partial charge in [0.1, 0.15) is 0 Å². The van der Waals surface area contributed by atoms with Crippen molar-refractivity contribution in [3.63, 3.8) is 0 Å². The predicted molar refractivity (Wildman–Crippen MR) is 140 cm³/mol. The lowest BCUT2D eigenvalue weighted by atomic mass is 10.1. The van der Waals surface area contributed by atoms with Crippen LogP contribution in [-0.2, 0) is 26.0 Å². The number of methoxy groups -OCH3 is 3. The van der Waals surface area contributed by atoms with Crippen molar-refractivity contribution in [2.75, 3.05) is 39.7 Å². The topological polar surface area (TPSA) is 111 Å². The molecule has 3 aromatic carbocycles. The second kappa shape index (κ2) is 12.6. The van der Waals surface area contributed by atoms with E-state index in [0.717, 1.165) is 9.87 Å². The van der Waals surface area contributed by atoms with Gasteiger partial charge in [-0.05, 0) is 36.2 Å². The minimum absolute atomic E-state index is 0.000807. The van der Waals surface area contributed by atoms with Crippen molar-refractivity contribution in [1.29, 1.82) is 0 Å². The summed E-state index contributed by atoms with van der Waals surface area (Å²) in [6.07, 6.45) is 0.380. The van der Waals surface area contributed by atoms with Crippen molar-refractivity contribution >= 4 is 39.2 Å². The van der Waals surface area contributed by atoms with Crippen molar-refractivity contribution in [2.45, 2.75) is 11.3 Å². The van der Waals surface area contributed by atoms with Crippen LogP contribution >= 0.6 is 11.6 Å². The molecule has 0 aliphatic rings. The van der Waals surface area contributed by atoms with Gasteiger partial charge in [0, 0.05) is 23.7 Å². The molecule has 0 unspecified atom stereocenters. The highest BCUT2D eigenvalue weighted by Gasteiger charge is 2.27. The first-order valence-electron chi connectivity index (χ1n) is 11.1. The third-order valence-corrected chi connectivity index (χ3v) is 7.58. The number of ether oxygens (including phenoxy) is 3. The van der Waals surface area contributed by atoms with Crippen LogP contribution in [0.1, 0.15) is 15.9 Å². The fourth-order valence-electron chi connectivity index (χ4n) is 3.55. The summed E-state index contributed by atoms with van der Waals surface area (Å²) >= 11 is 5.93. The summed E-state index contributed by atoms with van der Waals surface area (Å²) in [6.45, 7) is -0.467. The number of carbonyl (C=O) groups excluding carboxylic acids is 2. The maximum Gasteiger partial charge on any atom is 0.340 e. The molecule has 0 aliphatic heterocycles. The molecule has 1 amide bonds. The van der Waals surface area contributed by atoms with E-state index >= 15 is 0 Å². The highest BCUT2D eigenvalue weighted by Crippen LogP contribution is 2.34. The molecule has 9 nitrogen and oxygen atoms in total. The molecule has 3 aromatic rings. The molecule has 0 radical (unpaired) electrons. The quantitative estimate of drug-likeness (QED) is 0.362. The van der Waals surface area contributed by atoms with E-state index in [0.29, 0.717) is 11.4 Å². The predicted octanol–water partition coefficient (Wildman–Crippen LogP) is 4.02. The fourth-order valence-corrected chi connectivity index (χ4v) is 5.07. The number of nitrogens with zero attached hydrogens (tertiary/aromatic N) is 1. The molecule has 0 saturated heterocycles. The van der Waals surface area contributed by atoms with Gasteiger partial charge in [0.2, 0.25) is 15.9 Å². The second-order valence-corrected chi connectivity index (χ2v) is 10.2. The first-order chi connectivity index (χ1) is 17.7. The van der Waals surface area contributed by atoms with Gasteiger partial charge in [0.25, 0.3) is 0 Å². The Labute approximate surface area is 221 Å². The van der Waals surface area contributed by atoms with Crippen LogP contribution < -0.4 is 14.8 Å². The van der Waals surface area contributed by atoms with Crippen molar-refractivity contribution in [2.24, 2.45) is 0 Å². The van der Waals surface area contributed by atoms with Gasteiger partial charge in [0.15, 0.2) is 11.5 Å². The molecule has 196 valence electrons. The minimum atomic E-state index is -4.05. The lowest BCUT2D eigenvalue weighted by Gasteiger charge is -2.22. The molecule has 0 aliphatic carbocycles. The lowest BCUT2D eigenvalue weighted by molar-refractivity contribution is -0.116. The summed E-state index contributed by atoms with van der Waals surface area (Å²) in [6, 6.07) is 17.8. The Kier molecular flexibility index (Phi) is 9.51. The first kappa shape index (κ1) is 28.0. The van der Waals surface area contributed by atoms with Gasteiger partial charge in [-0.25, -0.2) is 13.2 Å². The summed E-state index contributed by atoms with van der Waals surface area (Å²) < 4.78 is 43.3. The van der Waals surface area contributed by atoms with Crippen LogP contribution in [0.2, 0.25) is 5.02 Å². The fraction of sp³-hybridized carbons (Fsp3) is 0.231. The monoisotopic (exact) mass is 546 g/mol. The summed E-state index contributed by atoms with van der Waals surface area (Å²) in [5.41, 5.74) is 1.01. The van der Waals surface area contributed by atoms with E-state index in [2.05, 4.69) is 5.32 Å². The maximum atomic E-state index is 13.5. The molecule has 1 N–H and O–H groups in total. The number of halogens is 1. The van der Waals surface area contributed by atoms with Crippen molar-refractivity contribution < 1.29 is 32.2 Å². The highest BCUT2D eigenvalue weighted by molar-refractivity contribution is 7.89. The van der Waals surface area contributed by atoms with E-state index in [1.807, 2.05) is 30.3 Å². The Balaban J connectivity index is 1.91. The zero-order valence-electron chi connectivity index (χ0n) is 20.6. The summed E-state index contributed by atoms with van der Waals surface area (Å²) in [5.74, 6) is -0.857. The number of sulfonamides is 1. The van der Waals surface area contributed by atoms with Crippen LogP contribution in [0.25, 0.3) is 0 Å². The molecule has 0 bridgehead atoms. The number of carbonyl (C=O) groups is 2. The Hall–Kier alpha value is -3.60. The highest BCUT2D eigenvalue weighted by atomic mass is 35.5. The normalized spacial score (nSPS) is 11.2. The molecule has 0 atom stereocenters. The molecule has 0 heterocycles. The molecule has 0 spiro atoms. The average Bonchev–Trinajstić information content (AvgIpc) is 2.91. The first-order valence-corrected chi connectivity index (χ1v) is 12.9. The van der Waals surface area contributed by atoms with Gasteiger partial charge >= 0.3 is 5.97 Å². The van der Waals surface area contributed by atoms with Crippen LogP contribution in [-0.4, -0.2) is 59.0 Å². The lowest BCUT2D eigenvalue weighted by Crippen LogP contribution is -2.39. The van der Waals surface area contributed by atoms with Crippen molar-refractivity contribution in [1.82, 2.24) is 4.31 Å². The maximum absolute atomic E-state index is 13.5. The van der Waals surface area contributed by atoms with E-state index < -0.39 is 28.4 Å². The number of hydrogen-bond donors (Lipinski definition) is 1. The van der Waals surface area contributed by atoms with Crippen LogP contribution in [0.5, 0.6) is 11.5 Å². The summed E-state index contributed by atoms with van der Waals surface area (Å²) in [7, 11) is -0.0352. The zero-order chi connectivity index (χ0) is 27.0. The molecular formula is C26H27ClN2O7S. The van der Waals surface area contributed by atoms with E-state index in [-0.39, 0.29) is 34.2 Å². The van der Waals surface area contributed by atoms with E-state index in [1.54, 1.807) is 0 Å². The van der Waals surface area contributed by atoms with Crippen LogP contribution in [0, 0.1) is 0 Å². The number of benzene rings is 3. The van der Waals surface area contributed by atoms with Crippen molar-refractivity contribution in [3.05, 3.63) is 82.9 Å². The number of amides is 1. The Morgan fingerprint density at radius 3 is 2.14 bits per heavy atom. The minimum Gasteiger partial charge on any atom is -0.493 e. The molecule has 0 saturated carbocycles. The number of rotatable bonds is 11. The van der Waals surface area contributed by atoms with Gasteiger partial charge < -0.3 is 19.5 Å². The molecule has 0 aromatic heterocycles. The van der Waals surface area contributed by atoms with E-state index in [9.17, 15) is 18.0 Å². The number of anilines is 1. The van der Waals surface area contributed by atoms with Crippen LogP contribution in [0.15, 0.2) is 71.6 Å². The van der Waals surface area contributed by atoms with Gasteiger partial charge in [0.05, 0.1) is 44.0 Å². The Morgan fingerprint density at radius 1 is 0.919 bits per heavy atom. The third kappa shape index (κ3) is 7.00. The number of nitrogens with one attached hydrogen (secondary N) is 1. The van der Waals surface area contributed by atoms with Crippen molar-refractivity contribution in [3.8, 4) is 11.5 Å². The molecule has 11 heteroatoms. The van der Waals surface area contributed by atoms with Gasteiger partial charge in [-0.2, -0.15) is 4.31 Å². The number of hydrogen-bond acceptors (Lipinski definition) is 7. The Bertz CT molecular complexity index is 1350. The molecule has 37 heavy (non-hydrogen) atoms. The largest absolute Gasteiger partial charge is 0.493 e. The third-order valence-electron chi connectivity index (χ3n) is 5.47. The molecule has 3 rings (SSSR count). The van der Waals surface area contributed by atoms with E-state index in [4.69, 9.17) is 25.8 Å².